The van der Waals surface area contributed by atoms with Gasteiger partial charge in [0.1, 0.15) is 17.2 Å². The van der Waals surface area contributed by atoms with Crippen LogP contribution in [-0.2, 0) is 17.2 Å². The maximum atomic E-state index is 10.4. The monoisotopic (exact) mass is 525 g/mol. The molecular formula is C31H31N3O3S. The van der Waals surface area contributed by atoms with Crippen LogP contribution in [0, 0.1) is 6.92 Å². The fourth-order valence-corrected chi connectivity index (χ4v) is 5.48. The Balaban J connectivity index is 0.000000226. The minimum Gasteiger partial charge on any atom is -0.744 e. The number of aromatic nitrogens is 1. The van der Waals surface area contributed by atoms with Crippen LogP contribution in [0.3, 0.4) is 0 Å². The number of piperazine rings is 1. The number of rotatable bonds is 3. The molecule has 5 aromatic rings. The summed E-state index contributed by atoms with van der Waals surface area (Å²) in [5, 5.41) is 6.02. The molecule has 1 aliphatic rings. The van der Waals surface area contributed by atoms with Crippen molar-refractivity contribution < 1.29 is 17.5 Å². The van der Waals surface area contributed by atoms with E-state index in [0.29, 0.717) is 0 Å². The van der Waals surface area contributed by atoms with E-state index in [4.69, 9.17) is 0 Å². The Bertz CT molecular complexity index is 1620. The fraction of sp³-hybridized carbons (Fsp3) is 0.194. The Morgan fingerprint density at radius 1 is 0.763 bits per heavy atom. The third-order valence-corrected chi connectivity index (χ3v) is 7.87. The number of hydrogen-bond donors (Lipinski definition) is 1. The first-order valence-corrected chi connectivity index (χ1v) is 14.1. The van der Waals surface area contributed by atoms with Crippen molar-refractivity contribution in [3.63, 3.8) is 0 Å². The van der Waals surface area contributed by atoms with Gasteiger partial charge in [-0.2, -0.15) is 4.57 Å². The molecule has 0 amide bonds. The van der Waals surface area contributed by atoms with Crippen molar-refractivity contribution in [3.05, 3.63) is 103 Å². The summed E-state index contributed by atoms with van der Waals surface area (Å²) < 4.78 is 33.5. The van der Waals surface area contributed by atoms with Crippen molar-refractivity contribution in [1.29, 1.82) is 0 Å². The number of hydrogen-bond acceptors (Lipinski definition) is 5. The minimum atomic E-state index is -4.27. The average molecular weight is 526 g/mol. The van der Waals surface area contributed by atoms with Crippen molar-refractivity contribution in [2.24, 2.45) is 7.05 Å². The molecule has 1 aliphatic heterocycles. The predicted octanol–water partition coefficient (Wildman–Crippen LogP) is 4.79. The van der Waals surface area contributed by atoms with Gasteiger partial charge < -0.3 is 14.8 Å². The molecule has 0 radical (unpaired) electrons. The standard InChI is InChI=1S/C24H24N3.C7H8O3S/c1-26-22-8-4-2-6-20(22)24(21-7-3-5-9-23(21)26)18-10-12-19(13-11-18)27-16-14-25-15-17-27;1-6-2-4-7(5-3-6)11(8,9)10/h2-13,25H,14-17H2,1H3;2-5H,1H3,(H,8,9,10)/q+1;/p-1. The van der Waals surface area contributed by atoms with Crippen LogP contribution in [0.2, 0.25) is 0 Å². The third-order valence-electron chi connectivity index (χ3n) is 7.02. The molecule has 1 saturated heterocycles. The second-order valence-corrected chi connectivity index (χ2v) is 10.9. The number of anilines is 1. The first kappa shape index (κ1) is 25.9. The van der Waals surface area contributed by atoms with Crippen molar-refractivity contribution in [3.8, 4) is 11.1 Å². The van der Waals surface area contributed by atoms with Gasteiger partial charge in [0.2, 0.25) is 11.0 Å². The molecule has 0 saturated carbocycles. The van der Waals surface area contributed by atoms with Crippen molar-refractivity contribution in [2.45, 2.75) is 11.8 Å². The summed E-state index contributed by atoms with van der Waals surface area (Å²) in [7, 11) is -2.11. The molecular weight excluding hydrogens is 494 g/mol. The van der Waals surface area contributed by atoms with Crippen molar-refractivity contribution in [2.75, 3.05) is 31.1 Å². The number of para-hydroxylation sites is 2. The normalized spacial score (nSPS) is 13.8. The van der Waals surface area contributed by atoms with E-state index in [2.05, 4.69) is 94.6 Å². The van der Waals surface area contributed by atoms with Crippen LogP contribution >= 0.6 is 0 Å². The summed E-state index contributed by atoms with van der Waals surface area (Å²) in [6.45, 7) is 6.10. The molecule has 38 heavy (non-hydrogen) atoms. The Labute approximate surface area is 223 Å². The number of nitrogens with zero attached hydrogens (tertiary/aromatic N) is 2. The van der Waals surface area contributed by atoms with Crippen LogP contribution < -0.4 is 14.8 Å². The van der Waals surface area contributed by atoms with Gasteiger partial charge in [-0.25, -0.2) is 8.42 Å². The molecule has 0 spiro atoms. The molecule has 0 aliphatic carbocycles. The van der Waals surface area contributed by atoms with Gasteiger partial charge >= 0.3 is 0 Å². The molecule has 6 nitrogen and oxygen atoms in total. The number of pyridine rings is 1. The lowest BCUT2D eigenvalue weighted by Gasteiger charge is -2.29. The Morgan fingerprint density at radius 2 is 1.29 bits per heavy atom. The van der Waals surface area contributed by atoms with E-state index < -0.39 is 10.1 Å². The summed E-state index contributed by atoms with van der Waals surface area (Å²) in [5.41, 5.74) is 7.37. The molecule has 6 rings (SSSR count). The Morgan fingerprint density at radius 3 is 1.82 bits per heavy atom. The van der Waals surface area contributed by atoms with Gasteiger partial charge in [0.15, 0.2) is 0 Å². The number of fused-ring (bicyclic) bond motifs is 2. The SMILES string of the molecule is C[n+]1c2ccccc2c(-c2ccc(N3CCNCC3)cc2)c2ccccc21.Cc1ccc(S(=O)(=O)[O-])cc1. The lowest BCUT2D eigenvalue weighted by Crippen LogP contribution is -2.43. The van der Waals surface area contributed by atoms with E-state index >= 15 is 0 Å². The van der Waals surface area contributed by atoms with E-state index in [-0.39, 0.29) is 4.90 Å². The molecule has 194 valence electrons. The van der Waals surface area contributed by atoms with E-state index in [0.717, 1.165) is 31.7 Å². The first-order chi connectivity index (χ1) is 18.3. The second kappa shape index (κ2) is 10.9. The largest absolute Gasteiger partial charge is 0.744 e. The molecule has 4 aromatic carbocycles. The molecule has 7 heteroatoms. The highest BCUT2D eigenvalue weighted by Crippen LogP contribution is 2.34. The second-order valence-electron chi connectivity index (χ2n) is 9.52. The predicted molar refractivity (Wildman–Crippen MR) is 152 cm³/mol. The molecule has 0 atom stereocenters. The van der Waals surface area contributed by atoms with Gasteiger partial charge in [-0.3, -0.25) is 0 Å². The fourth-order valence-electron chi connectivity index (χ4n) is 5.01. The smallest absolute Gasteiger partial charge is 0.213 e. The van der Waals surface area contributed by atoms with Crippen LogP contribution in [0.25, 0.3) is 32.9 Å². The summed E-state index contributed by atoms with van der Waals surface area (Å²) in [6.07, 6.45) is 0. The third kappa shape index (κ3) is 5.41. The van der Waals surface area contributed by atoms with Gasteiger partial charge in [0.25, 0.3) is 0 Å². The number of nitrogens with one attached hydrogen (secondary N) is 1. The van der Waals surface area contributed by atoms with E-state index in [1.54, 1.807) is 12.1 Å². The van der Waals surface area contributed by atoms with Crippen molar-refractivity contribution in [1.82, 2.24) is 5.32 Å². The number of aryl methyl sites for hydroxylation is 2. The van der Waals surface area contributed by atoms with Gasteiger partial charge in [0.05, 0.1) is 15.7 Å². The first-order valence-electron chi connectivity index (χ1n) is 12.7. The van der Waals surface area contributed by atoms with Crippen LogP contribution in [0.15, 0.2) is 102 Å². The van der Waals surface area contributed by atoms with Crippen LogP contribution in [-0.4, -0.2) is 39.1 Å². The average Bonchev–Trinajstić information content (AvgIpc) is 2.94. The Hall–Kier alpha value is -3.78. The highest BCUT2D eigenvalue weighted by atomic mass is 32.2. The minimum absolute atomic E-state index is 0.178. The zero-order valence-corrected chi connectivity index (χ0v) is 22.4. The van der Waals surface area contributed by atoms with Gasteiger partial charge in [-0.1, -0.05) is 54.1 Å². The summed E-state index contributed by atoms with van der Waals surface area (Å²) in [5.74, 6) is 0. The highest BCUT2D eigenvalue weighted by molar-refractivity contribution is 7.85. The maximum Gasteiger partial charge on any atom is 0.213 e. The van der Waals surface area contributed by atoms with Gasteiger partial charge in [0, 0.05) is 49.6 Å². The van der Waals surface area contributed by atoms with Crippen LogP contribution in [0.4, 0.5) is 5.69 Å². The van der Waals surface area contributed by atoms with Crippen LogP contribution in [0.1, 0.15) is 5.56 Å². The highest BCUT2D eigenvalue weighted by Gasteiger charge is 2.18. The summed E-state index contributed by atoms with van der Waals surface area (Å²) in [4.78, 5) is 2.28. The topological polar surface area (TPSA) is 76.3 Å². The molecule has 1 aromatic heterocycles. The van der Waals surface area contributed by atoms with Gasteiger partial charge in [-0.05, 0) is 48.9 Å². The van der Waals surface area contributed by atoms with E-state index in [1.165, 1.54) is 50.8 Å². The van der Waals surface area contributed by atoms with E-state index in [1.807, 2.05) is 6.92 Å². The molecule has 2 heterocycles. The summed E-state index contributed by atoms with van der Waals surface area (Å²) >= 11 is 0. The lowest BCUT2D eigenvalue weighted by atomic mass is 9.95. The molecule has 0 unspecified atom stereocenters. The van der Waals surface area contributed by atoms with Gasteiger partial charge in [-0.15, -0.1) is 0 Å². The zero-order chi connectivity index (χ0) is 26.7. The lowest BCUT2D eigenvalue weighted by molar-refractivity contribution is -0.617. The van der Waals surface area contributed by atoms with E-state index in [9.17, 15) is 13.0 Å². The maximum absolute atomic E-state index is 10.4. The van der Waals surface area contributed by atoms with Crippen molar-refractivity contribution >= 4 is 37.6 Å². The Kier molecular flexibility index (Phi) is 7.42. The molecule has 1 N–H and O–H groups in total. The zero-order valence-electron chi connectivity index (χ0n) is 21.6. The quantitative estimate of drug-likeness (QED) is 0.208. The number of benzene rings is 4. The molecule has 1 fully saturated rings. The summed E-state index contributed by atoms with van der Waals surface area (Å²) in [6, 6.07) is 32.3. The molecule has 0 bridgehead atoms. The van der Waals surface area contributed by atoms with Crippen LogP contribution in [0.5, 0.6) is 0 Å².